The average molecular weight is 406 g/mol. The molecule has 0 aromatic heterocycles. The molecule has 2 aromatic carbocycles. The summed E-state index contributed by atoms with van der Waals surface area (Å²) in [6.07, 6.45) is 4.80. The van der Waals surface area contributed by atoms with E-state index in [1.165, 1.54) is 51.5 Å². The van der Waals surface area contributed by atoms with E-state index in [4.69, 9.17) is 4.74 Å². The fourth-order valence-electron chi connectivity index (χ4n) is 4.13. The van der Waals surface area contributed by atoms with Crippen LogP contribution in [-0.4, -0.2) is 7.11 Å². The first-order chi connectivity index (χ1) is 10.7. The fraction of sp³-hybridized carbons (Fsp3) is 0.400. The predicted octanol–water partition coefficient (Wildman–Crippen LogP) is 6.17. The molecule has 0 fully saturated rings. The SMILES string of the molecule is CCCC1(CCC)c2ccccc2-c2cc(I)c(OC)cc21. The number of hydrogen-bond acceptors (Lipinski definition) is 1. The van der Waals surface area contributed by atoms with Gasteiger partial charge in [0.1, 0.15) is 5.75 Å². The summed E-state index contributed by atoms with van der Waals surface area (Å²) in [4.78, 5) is 0. The minimum atomic E-state index is 0.160. The van der Waals surface area contributed by atoms with Crippen LogP contribution < -0.4 is 4.74 Å². The summed E-state index contributed by atoms with van der Waals surface area (Å²) >= 11 is 2.38. The molecule has 0 saturated heterocycles. The normalized spacial score (nSPS) is 14.5. The number of methoxy groups -OCH3 is 1. The molecular weight excluding hydrogens is 383 g/mol. The smallest absolute Gasteiger partial charge is 0.132 e. The van der Waals surface area contributed by atoms with E-state index in [9.17, 15) is 0 Å². The van der Waals surface area contributed by atoms with E-state index < -0.39 is 0 Å². The highest BCUT2D eigenvalue weighted by Crippen LogP contribution is 2.55. The van der Waals surface area contributed by atoms with Gasteiger partial charge in [-0.05, 0) is 69.8 Å². The maximum Gasteiger partial charge on any atom is 0.132 e. The third-order valence-corrected chi connectivity index (χ3v) is 5.74. The molecule has 1 aliphatic rings. The van der Waals surface area contributed by atoms with Crippen LogP contribution in [0, 0.1) is 3.57 Å². The van der Waals surface area contributed by atoms with Crippen LogP contribution in [0.2, 0.25) is 0 Å². The van der Waals surface area contributed by atoms with Crippen LogP contribution in [0.3, 0.4) is 0 Å². The second-order valence-electron chi connectivity index (χ2n) is 6.16. The number of ether oxygens (including phenoxy) is 1. The van der Waals surface area contributed by atoms with E-state index in [1.807, 2.05) is 0 Å². The van der Waals surface area contributed by atoms with Crippen molar-refractivity contribution in [1.82, 2.24) is 0 Å². The largest absolute Gasteiger partial charge is 0.496 e. The van der Waals surface area contributed by atoms with E-state index in [1.54, 1.807) is 7.11 Å². The van der Waals surface area contributed by atoms with E-state index in [0.717, 1.165) is 5.75 Å². The van der Waals surface area contributed by atoms with Gasteiger partial charge in [-0.3, -0.25) is 0 Å². The Bertz CT molecular complexity index is 684. The molecule has 0 bridgehead atoms. The monoisotopic (exact) mass is 406 g/mol. The van der Waals surface area contributed by atoms with Gasteiger partial charge in [-0.2, -0.15) is 0 Å². The average Bonchev–Trinajstić information content (AvgIpc) is 2.78. The first-order valence-electron chi connectivity index (χ1n) is 8.15. The van der Waals surface area contributed by atoms with Crippen LogP contribution in [-0.2, 0) is 5.41 Å². The summed E-state index contributed by atoms with van der Waals surface area (Å²) in [5, 5.41) is 0. The summed E-state index contributed by atoms with van der Waals surface area (Å²) in [6, 6.07) is 13.6. The van der Waals surface area contributed by atoms with Crippen LogP contribution in [0.25, 0.3) is 11.1 Å². The lowest BCUT2D eigenvalue weighted by Crippen LogP contribution is -2.25. The highest BCUT2D eigenvalue weighted by molar-refractivity contribution is 14.1. The summed E-state index contributed by atoms with van der Waals surface area (Å²) < 4.78 is 6.80. The van der Waals surface area contributed by atoms with Crippen LogP contribution in [0.4, 0.5) is 0 Å². The molecule has 0 N–H and O–H groups in total. The second kappa shape index (κ2) is 6.23. The molecule has 0 atom stereocenters. The fourth-order valence-corrected chi connectivity index (χ4v) is 4.81. The third-order valence-electron chi connectivity index (χ3n) is 4.89. The topological polar surface area (TPSA) is 9.23 Å². The Morgan fingerprint density at radius 3 is 2.27 bits per heavy atom. The van der Waals surface area contributed by atoms with Gasteiger partial charge in [0.2, 0.25) is 0 Å². The molecule has 0 heterocycles. The zero-order valence-corrected chi connectivity index (χ0v) is 15.7. The lowest BCUT2D eigenvalue weighted by Gasteiger charge is -2.32. The van der Waals surface area contributed by atoms with Crippen LogP contribution in [0.5, 0.6) is 5.75 Å². The molecule has 0 aliphatic heterocycles. The minimum absolute atomic E-state index is 0.160. The molecule has 1 nitrogen and oxygen atoms in total. The van der Waals surface area contributed by atoms with Gasteiger partial charge in [0.05, 0.1) is 10.7 Å². The van der Waals surface area contributed by atoms with E-state index in [-0.39, 0.29) is 5.41 Å². The Morgan fingerprint density at radius 2 is 1.64 bits per heavy atom. The molecule has 0 spiro atoms. The first kappa shape index (κ1) is 15.9. The molecule has 0 amide bonds. The minimum Gasteiger partial charge on any atom is -0.496 e. The predicted molar refractivity (Wildman–Crippen MR) is 102 cm³/mol. The molecule has 2 heteroatoms. The van der Waals surface area contributed by atoms with Gasteiger partial charge in [-0.25, -0.2) is 0 Å². The molecule has 0 saturated carbocycles. The molecule has 2 aromatic rings. The van der Waals surface area contributed by atoms with Crippen molar-refractivity contribution in [2.24, 2.45) is 0 Å². The van der Waals surface area contributed by atoms with Crippen molar-refractivity contribution < 1.29 is 4.74 Å². The van der Waals surface area contributed by atoms with Gasteiger partial charge in [0.15, 0.2) is 0 Å². The third kappa shape index (κ3) is 2.27. The highest BCUT2D eigenvalue weighted by Gasteiger charge is 2.42. The molecule has 0 radical (unpaired) electrons. The van der Waals surface area contributed by atoms with Crippen molar-refractivity contribution in [2.45, 2.75) is 44.9 Å². The van der Waals surface area contributed by atoms with Crippen molar-refractivity contribution in [1.29, 1.82) is 0 Å². The number of halogens is 1. The van der Waals surface area contributed by atoms with Crippen molar-refractivity contribution >= 4 is 22.6 Å². The Labute approximate surface area is 147 Å². The Morgan fingerprint density at radius 1 is 0.955 bits per heavy atom. The number of rotatable bonds is 5. The first-order valence-corrected chi connectivity index (χ1v) is 9.23. The van der Waals surface area contributed by atoms with Crippen LogP contribution in [0.1, 0.15) is 50.7 Å². The quantitative estimate of drug-likeness (QED) is 0.540. The van der Waals surface area contributed by atoms with Crippen molar-refractivity contribution in [3.8, 4) is 16.9 Å². The Hall–Kier alpha value is -1.03. The molecule has 1 aliphatic carbocycles. The van der Waals surface area contributed by atoms with Gasteiger partial charge in [0.25, 0.3) is 0 Å². The number of hydrogen-bond donors (Lipinski definition) is 0. The number of benzene rings is 2. The summed E-state index contributed by atoms with van der Waals surface area (Å²) in [6.45, 7) is 4.59. The summed E-state index contributed by atoms with van der Waals surface area (Å²) in [5.74, 6) is 1.00. The lowest BCUT2D eigenvalue weighted by atomic mass is 9.71. The van der Waals surface area contributed by atoms with Gasteiger partial charge in [0, 0.05) is 5.41 Å². The van der Waals surface area contributed by atoms with Gasteiger partial charge in [-0.1, -0.05) is 51.0 Å². The van der Waals surface area contributed by atoms with Crippen molar-refractivity contribution in [3.63, 3.8) is 0 Å². The zero-order chi connectivity index (χ0) is 15.7. The lowest BCUT2D eigenvalue weighted by molar-refractivity contribution is 0.404. The van der Waals surface area contributed by atoms with Gasteiger partial charge >= 0.3 is 0 Å². The summed E-state index contributed by atoms with van der Waals surface area (Å²) in [7, 11) is 1.77. The molecule has 22 heavy (non-hydrogen) atoms. The molecular formula is C20H23IO. The van der Waals surface area contributed by atoms with Crippen molar-refractivity contribution in [3.05, 3.63) is 51.1 Å². The maximum atomic E-state index is 5.61. The standard InChI is InChI=1S/C20H23IO/c1-4-10-20(11-5-2)16-9-7-6-8-14(16)15-12-18(21)19(22-3)13-17(15)20/h6-9,12-13H,4-5,10-11H2,1-3H3. The van der Waals surface area contributed by atoms with Gasteiger partial charge < -0.3 is 4.74 Å². The van der Waals surface area contributed by atoms with E-state index in [0.29, 0.717) is 0 Å². The van der Waals surface area contributed by atoms with Crippen molar-refractivity contribution in [2.75, 3.05) is 7.11 Å². The summed E-state index contributed by atoms with van der Waals surface area (Å²) in [5.41, 5.74) is 5.96. The highest BCUT2D eigenvalue weighted by atomic mass is 127. The zero-order valence-electron chi connectivity index (χ0n) is 13.6. The molecule has 0 unspecified atom stereocenters. The van der Waals surface area contributed by atoms with Gasteiger partial charge in [-0.15, -0.1) is 0 Å². The molecule has 3 rings (SSSR count). The van der Waals surface area contributed by atoms with Crippen LogP contribution >= 0.6 is 22.6 Å². The van der Waals surface area contributed by atoms with E-state index >= 15 is 0 Å². The maximum absolute atomic E-state index is 5.61. The van der Waals surface area contributed by atoms with E-state index in [2.05, 4.69) is 72.8 Å². The molecule has 116 valence electrons. The Balaban J connectivity index is 2.32. The Kier molecular flexibility index (Phi) is 4.49. The second-order valence-corrected chi connectivity index (χ2v) is 7.32. The van der Waals surface area contributed by atoms with Crippen LogP contribution in [0.15, 0.2) is 36.4 Å². The number of fused-ring (bicyclic) bond motifs is 3.